The van der Waals surface area contributed by atoms with E-state index in [9.17, 15) is 14.4 Å². The number of carbonyl (C=O) groups excluding carboxylic acids is 3. The summed E-state index contributed by atoms with van der Waals surface area (Å²) in [4.78, 5) is 37.7. The second-order valence-corrected chi connectivity index (χ2v) is 16.3. The monoisotopic (exact) mass is 861 g/mol. The summed E-state index contributed by atoms with van der Waals surface area (Å²) in [7, 11) is 0. The highest BCUT2D eigenvalue weighted by atomic mass is 16.6. The van der Waals surface area contributed by atoms with Gasteiger partial charge in [0.2, 0.25) is 0 Å². The standard InChI is InChI=1S/C56H92O6/c1-4-7-10-13-16-19-21-22-23-24-25-26-27-28-29-30-31-32-33-34-36-37-40-43-46-49-55(58)61-52-53(51-60-54(57)48-45-42-39-18-15-12-9-6-3)62-56(59)50-47-44-41-38-35-20-17-14-11-8-5-2/h7,10,14,16-17,19,22-23,25-26,28-29,31-32,34,36,53H,4-6,8-9,11-13,15,18,20-21,24,27,30,33,35,37-52H2,1-3H3/b10-7-,17-14-,19-16-,23-22-,26-25-,29-28-,32-31-,36-34-. The van der Waals surface area contributed by atoms with Crippen molar-refractivity contribution in [3.63, 3.8) is 0 Å². The molecule has 352 valence electrons. The fourth-order valence-electron chi connectivity index (χ4n) is 6.52. The van der Waals surface area contributed by atoms with Crippen molar-refractivity contribution < 1.29 is 28.6 Å². The van der Waals surface area contributed by atoms with E-state index in [0.29, 0.717) is 19.3 Å². The van der Waals surface area contributed by atoms with Gasteiger partial charge in [0.1, 0.15) is 13.2 Å². The molecule has 0 aromatic rings. The van der Waals surface area contributed by atoms with E-state index in [0.717, 1.165) is 122 Å². The molecular weight excluding hydrogens is 769 g/mol. The Hall–Kier alpha value is -3.67. The van der Waals surface area contributed by atoms with E-state index in [1.54, 1.807) is 0 Å². The Labute approximate surface area is 381 Å². The van der Waals surface area contributed by atoms with E-state index in [4.69, 9.17) is 14.2 Å². The number of unbranched alkanes of at least 4 members (excludes halogenated alkanes) is 17. The van der Waals surface area contributed by atoms with Crippen LogP contribution in [0, 0.1) is 0 Å². The first-order chi connectivity index (χ1) is 30.5. The van der Waals surface area contributed by atoms with Gasteiger partial charge < -0.3 is 14.2 Å². The molecule has 0 fully saturated rings. The summed E-state index contributed by atoms with van der Waals surface area (Å²) in [6, 6.07) is 0. The van der Waals surface area contributed by atoms with Crippen molar-refractivity contribution in [2.75, 3.05) is 13.2 Å². The van der Waals surface area contributed by atoms with Gasteiger partial charge in [0.25, 0.3) is 0 Å². The molecule has 6 heteroatoms. The minimum atomic E-state index is -0.792. The van der Waals surface area contributed by atoms with Gasteiger partial charge in [-0.25, -0.2) is 0 Å². The molecule has 0 aliphatic rings. The van der Waals surface area contributed by atoms with Crippen LogP contribution in [0.3, 0.4) is 0 Å². The van der Waals surface area contributed by atoms with Crippen molar-refractivity contribution in [3.8, 4) is 0 Å². The topological polar surface area (TPSA) is 78.9 Å². The van der Waals surface area contributed by atoms with Crippen LogP contribution in [0.25, 0.3) is 0 Å². The predicted octanol–water partition coefficient (Wildman–Crippen LogP) is 16.6. The lowest BCUT2D eigenvalue weighted by Crippen LogP contribution is -2.30. The number of allylic oxidation sites excluding steroid dienone is 16. The second-order valence-electron chi connectivity index (χ2n) is 16.3. The largest absolute Gasteiger partial charge is 0.462 e. The van der Waals surface area contributed by atoms with Gasteiger partial charge in [0.05, 0.1) is 0 Å². The lowest BCUT2D eigenvalue weighted by atomic mass is 10.1. The van der Waals surface area contributed by atoms with Crippen LogP contribution in [0.1, 0.15) is 220 Å². The summed E-state index contributed by atoms with van der Waals surface area (Å²) in [5, 5.41) is 0. The molecular formula is C56H92O6. The van der Waals surface area contributed by atoms with Gasteiger partial charge >= 0.3 is 17.9 Å². The van der Waals surface area contributed by atoms with Gasteiger partial charge in [-0.3, -0.25) is 14.4 Å². The molecule has 0 heterocycles. The summed E-state index contributed by atoms with van der Waals surface area (Å²) in [5.41, 5.74) is 0. The maximum Gasteiger partial charge on any atom is 0.306 e. The molecule has 0 rings (SSSR count). The second kappa shape index (κ2) is 50.0. The molecule has 0 N–H and O–H groups in total. The quantitative estimate of drug-likeness (QED) is 0.0263. The average molecular weight is 861 g/mol. The van der Waals surface area contributed by atoms with Crippen molar-refractivity contribution in [2.24, 2.45) is 0 Å². The number of rotatable bonds is 44. The number of hydrogen-bond acceptors (Lipinski definition) is 6. The summed E-state index contributed by atoms with van der Waals surface area (Å²) in [6.07, 6.45) is 65.5. The Morgan fingerprint density at radius 3 is 1.06 bits per heavy atom. The number of hydrogen-bond donors (Lipinski definition) is 0. The Morgan fingerprint density at radius 2 is 0.645 bits per heavy atom. The number of carbonyl (C=O) groups is 3. The van der Waals surface area contributed by atoms with Crippen molar-refractivity contribution in [2.45, 2.75) is 226 Å². The lowest BCUT2D eigenvalue weighted by molar-refractivity contribution is -0.167. The first kappa shape index (κ1) is 58.3. The first-order valence-corrected chi connectivity index (χ1v) is 25.2. The van der Waals surface area contributed by atoms with Crippen molar-refractivity contribution in [1.29, 1.82) is 0 Å². The van der Waals surface area contributed by atoms with Crippen LogP contribution in [0.5, 0.6) is 0 Å². The Morgan fingerprint density at radius 1 is 0.339 bits per heavy atom. The first-order valence-electron chi connectivity index (χ1n) is 25.2. The van der Waals surface area contributed by atoms with E-state index < -0.39 is 6.10 Å². The molecule has 0 saturated carbocycles. The van der Waals surface area contributed by atoms with Gasteiger partial charge in [0.15, 0.2) is 6.10 Å². The van der Waals surface area contributed by atoms with Gasteiger partial charge in [-0.15, -0.1) is 0 Å². The molecule has 0 radical (unpaired) electrons. The molecule has 1 atom stereocenters. The van der Waals surface area contributed by atoms with Gasteiger partial charge in [-0.1, -0.05) is 201 Å². The van der Waals surface area contributed by atoms with Crippen molar-refractivity contribution in [3.05, 3.63) is 97.2 Å². The van der Waals surface area contributed by atoms with Crippen LogP contribution < -0.4 is 0 Å². The van der Waals surface area contributed by atoms with Crippen LogP contribution in [-0.2, 0) is 28.6 Å². The summed E-state index contributed by atoms with van der Waals surface area (Å²) >= 11 is 0. The molecule has 0 spiro atoms. The minimum Gasteiger partial charge on any atom is -0.462 e. The van der Waals surface area contributed by atoms with Crippen LogP contribution in [0.2, 0.25) is 0 Å². The van der Waals surface area contributed by atoms with Crippen LogP contribution in [0.4, 0.5) is 0 Å². The Bertz CT molecular complexity index is 1260. The molecule has 6 nitrogen and oxygen atoms in total. The van der Waals surface area contributed by atoms with Crippen LogP contribution >= 0.6 is 0 Å². The molecule has 0 aliphatic carbocycles. The highest BCUT2D eigenvalue weighted by Crippen LogP contribution is 2.13. The van der Waals surface area contributed by atoms with E-state index in [-0.39, 0.29) is 31.1 Å². The average Bonchev–Trinajstić information content (AvgIpc) is 3.27. The molecule has 0 saturated heterocycles. The fraction of sp³-hybridized carbons (Fsp3) is 0.661. The third kappa shape index (κ3) is 47.4. The summed E-state index contributed by atoms with van der Waals surface area (Å²) in [5.74, 6) is -0.947. The molecule has 1 unspecified atom stereocenters. The van der Waals surface area contributed by atoms with E-state index in [2.05, 4.69) is 118 Å². The van der Waals surface area contributed by atoms with E-state index in [1.807, 2.05) is 0 Å². The van der Waals surface area contributed by atoms with E-state index >= 15 is 0 Å². The van der Waals surface area contributed by atoms with Crippen LogP contribution in [-0.4, -0.2) is 37.2 Å². The summed E-state index contributed by atoms with van der Waals surface area (Å²) < 4.78 is 16.7. The van der Waals surface area contributed by atoms with Gasteiger partial charge in [-0.05, 0) is 96.3 Å². The molecule has 0 amide bonds. The zero-order valence-electron chi connectivity index (χ0n) is 40.1. The molecule has 0 bridgehead atoms. The zero-order chi connectivity index (χ0) is 45.1. The van der Waals surface area contributed by atoms with Crippen LogP contribution in [0.15, 0.2) is 97.2 Å². The van der Waals surface area contributed by atoms with E-state index in [1.165, 1.54) is 57.8 Å². The highest BCUT2D eigenvalue weighted by molar-refractivity contribution is 5.71. The Balaban J connectivity index is 4.31. The third-order valence-electron chi connectivity index (χ3n) is 10.3. The normalized spacial score (nSPS) is 12.9. The fourth-order valence-corrected chi connectivity index (χ4v) is 6.52. The highest BCUT2D eigenvalue weighted by Gasteiger charge is 2.19. The third-order valence-corrected chi connectivity index (χ3v) is 10.3. The van der Waals surface area contributed by atoms with Crippen molar-refractivity contribution >= 4 is 17.9 Å². The Kier molecular flexibility index (Phi) is 47.0. The molecule has 0 aliphatic heterocycles. The maximum absolute atomic E-state index is 12.7. The molecule has 0 aromatic carbocycles. The number of esters is 3. The minimum absolute atomic E-state index is 0.0917. The van der Waals surface area contributed by atoms with Gasteiger partial charge in [-0.2, -0.15) is 0 Å². The maximum atomic E-state index is 12.7. The summed E-state index contributed by atoms with van der Waals surface area (Å²) in [6.45, 7) is 6.40. The smallest absolute Gasteiger partial charge is 0.306 e. The number of ether oxygens (including phenoxy) is 3. The predicted molar refractivity (Wildman–Crippen MR) is 265 cm³/mol. The zero-order valence-corrected chi connectivity index (χ0v) is 40.1. The van der Waals surface area contributed by atoms with Crippen molar-refractivity contribution in [1.82, 2.24) is 0 Å². The van der Waals surface area contributed by atoms with Gasteiger partial charge in [0, 0.05) is 19.3 Å². The SMILES string of the molecule is CC/C=C\C/C=C\C/C=C\C/C=C\C/C=C\C/C=C\C/C=C\CCCCCC(=O)OCC(COC(=O)CCCCCCCCCC)OC(=O)CCCCCCC/C=C\CCCC. The molecule has 62 heavy (non-hydrogen) atoms. The molecule has 0 aromatic heterocycles. The lowest BCUT2D eigenvalue weighted by Gasteiger charge is -2.18.